The van der Waals surface area contributed by atoms with E-state index in [0.717, 1.165) is 0 Å². The van der Waals surface area contributed by atoms with E-state index in [1.807, 2.05) is 27.7 Å². The fourth-order valence-electron chi connectivity index (χ4n) is 2.95. The van der Waals surface area contributed by atoms with Crippen LogP contribution in [0.3, 0.4) is 0 Å². The van der Waals surface area contributed by atoms with Gasteiger partial charge < -0.3 is 28.4 Å². The molecular weight excluding hydrogens is 252 g/mol. The quantitative estimate of drug-likeness (QED) is 0.749. The number of methoxy groups -OCH3 is 1. The van der Waals surface area contributed by atoms with Crippen LogP contribution in [-0.2, 0) is 28.4 Å². The maximum atomic E-state index is 5.92. The van der Waals surface area contributed by atoms with Crippen molar-refractivity contribution in [2.75, 3.05) is 13.7 Å². The Morgan fingerprint density at radius 2 is 1.68 bits per heavy atom. The normalized spacial score (nSPS) is 47.5. The van der Waals surface area contributed by atoms with Gasteiger partial charge in [0.25, 0.3) is 0 Å². The highest BCUT2D eigenvalue weighted by Gasteiger charge is 2.58. The van der Waals surface area contributed by atoms with Gasteiger partial charge in [0, 0.05) is 7.11 Å². The zero-order chi connectivity index (χ0) is 13.8. The minimum Gasteiger partial charge on any atom is -0.376 e. The molecule has 0 bridgehead atoms. The topological polar surface area (TPSA) is 55.4 Å². The molecule has 0 saturated carbocycles. The maximum absolute atomic E-state index is 5.92. The molecule has 3 aliphatic heterocycles. The monoisotopic (exact) mass is 274 g/mol. The van der Waals surface area contributed by atoms with Crippen molar-refractivity contribution in [2.24, 2.45) is 0 Å². The molecule has 0 aliphatic carbocycles. The fourth-order valence-corrected chi connectivity index (χ4v) is 2.95. The van der Waals surface area contributed by atoms with E-state index in [4.69, 9.17) is 28.4 Å². The summed E-state index contributed by atoms with van der Waals surface area (Å²) in [5.74, 6) is -1.21. The molecule has 5 atom stereocenters. The Morgan fingerprint density at radius 1 is 0.947 bits per heavy atom. The van der Waals surface area contributed by atoms with Crippen LogP contribution in [0.25, 0.3) is 0 Å². The molecule has 3 heterocycles. The molecule has 19 heavy (non-hydrogen) atoms. The second kappa shape index (κ2) is 4.38. The smallest absolute Gasteiger partial charge is 0.190 e. The second-order valence-electron chi connectivity index (χ2n) is 6.14. The summed E-state index contributed by atoms with van der Waals surface area (Å²) in [4.78, 5) is 0. The predicted octanol–water partition coefficient (Wildman–Crippen LogP) is 1.03. The molecule has 0 aromatic heterocycles. The molecule has 0 N–H and O–H groups in total. The second-order valence-corrected chi connectivity index (χ2v) is 6.14. The lowest BCUT2D eigenvalue weighted by molar-refractivity contribution is -0.234. The van der Waals surface area contributed by atoms with Gasteiger partial charge in [-0.15, -0.1) is 0 Å². The third-order valence-electron chi connectivity index (χ3n) is 3.70. The van der Waals surface area contributed by atoms with Crippen LogP contribution in [-0.4, -0.2) is 56.0 Å². The molecule has 0 radical (unpaired) electrons. The molecule has 0 aromatic rings. The minimum absolute atomic E-state index is 0.166. The molecule has 0 amide bonds. The van der Waals surface area contributed by atoms with E-state index in [-0.39, 0.29) is 24.4 Å². The van der Waals surface area contributed by atoms with E-state index < -0.39 is 17.9 Å². The van der Waals surface area contributed by atoms with Gasteiger partial charge in [0.15, 0.2) is 17.9 Å². The molecular formula is C13H22O6. The Kier molecular flexibility index (Phi) is 3.16. The zero-order valence-corrected chi connectivity index (χ0v) is 12.0. The van der Waals surface area contributed by atoms with Crippen LogP contribution in [0.4, 0.5) is 0 Å². The molecule has 110 valence electrons. The van der Waals surface area contributed by atoms with Gasteiger partial charge in [-0.05, 0) is 27.7 Å². The van der Waals surface area contributed by atoms with Crippen molar-refractivity contribution in [3.63, 3.8) is 0 Å². The van der Waals surface area contributed by atoms with Crippen LogP contribution in [0, 0.1) is 0 Å². The highest BCUT2D eigenvalue weighted by atomic mass is 16.8. The van der Waals surface area contributed by atoms with E-state index in [0.29, 0.717) is 6.61 Å². The Hall–Kier alpha value is -0.240. The molecule has 0 aromatic carbocycles. The average molecular weight is 274 g/mol. The average Bonchev–Trinajstić information content (AvgIpc) is 2.87. The molecule has 6 heteroatoms. The summed E-state index contributed by atoms with van der Waals surface area (Å²) in [6.07, 6.45) is -1.25. The Bertz CT molecular complexity index is 355. The third-order valence-corrected chi connectivity index (χ3v) is 3.70. The predicted molar refractivity (Wildman–Crippen MR) is 64.4 cm³/mol. The Morgan fingerprint density at radius 3 is 2.26 bits per heavy atom. The lowest BCUT2D eigenvalue weighted by Crippen LogP contribution is -2.43. The van der Waals surface area contributed by atoms with Crippen molar-refractivity contribution >= 4 is 0 Å². The highest BCUT2D eigenvalue weighted by Crippen LogP contribution is 2.41. The number of ether oxygens (including phenoxy) is 6. The molecule has 3 fully saturated rings. The molecule has 3 aliphatic rings. The third kappa shape index (κ3) is 2.41. The summed E-state index contributed by atoms with van der Waals surface area (Å²) in [5.41, 5.74) is 0. The lowest BCUT2D eigenvalue weighted by atomic mass is 10.1. The van der Waals surface area contributed by atoms with Gasteiger partial charge in [0.05, 0.1) is 6.61 Å². The van der Waals surface area contributed by atoms with Crippen molar-refractivity contribution < 1.29 is 28.4 Å². The van der Waals surface area contributed by atoms with Gasteiger partial charge in [-0.2, -0.15) is 0 Å². The summed E-state index contributed by atoms with van der Waals surface area (Å²) in [5, 5.41) is 0. The SMILES string of the molecule is CO[C@H]1[C@H]2OC(C)(C)O[C@H]2O[C@@H]1[C@H]1COC(C)(C)O1. The summed E-state index contributed by atoms with van der Waals surface area (Å²) in [6.45, 7) is 8.01. The highest BCUT2D eigenvalue weighted by molar-refractivity contribution is 4.98. The van der Waals surface area contributed by atoms with Gasteiger partial charge in [-0.25, -0.2) is 0 Å². The van der Waals surface area contributed by atoms with Crippen molar-refractivity contribution in [3.05, 3.63) is 0 Å². The fraction of sp³-hybridized carbons (Fsp3) is 1.00. The first-order valence-electron chi connectivity index (χ1n) is 6.67. The molecule has 0 spiro atoms. The summed E-state index contributed by atoms with van der Waals surface area (Å²) >= 11 is 0. The number of hydrogen-bond acceptors (Lipinski definition) is 6. The van der Waals surface area contributed by atoms with E-state index in [2.05, 4.69) is 0 Å². The van der Waals surface area contributed by atoms with E-state index >= 15 is 0 Å². The zero-order valence-electron chi connectivity index (χ0n) is 12.0. The molecule has 3 rings (SSSR count). The van der Waals surface area contributed by atoms with Crippen LogP contribution in [0.5, 0.6) is 0 Å². The van der Waals surface area contributed by atoms with Crippen molar-refractivity contribution in [2.45, 2.75) is 70.0 Å². The lowest BCUT2D eigenvalue weighted by Gasteiger charge is -2.28. The van der Waals surface area contributed by atoms with Crippen LogP contribution >= 0.6 is 0 Å². The van der Waals surface area contributed by atoms with Crippen molar-refractivity contribution in [3.8, 4) is 0 Å². The summed E-state index contributed by atoms with van der Waals surface area (Å²) in [6, 6.07) is 0. The molecule has 3 saturated heterocycles. The van der Waals surface area contributed by atoms with Gasteiger partial charge in [0.2, 0.25) is 0 Å². The maximum Gasteiger partial charge on any atom is 0.190 e. The molecule has 6 nitrogen and oxygen atoms in total. The molecule has 0 unspecified atom stereocenters. The Balaban J connectivity index is 1.72. The first-order valence-corrected chi connectivity index (χ1v) is 6.67. The van der Waals surface area contributed by atoms with Crippen LogP contribution < -0.4 is 0 Å². The largest absolute Gasteiger partial charge is 0.376 e. The van der Waals surface area contributed by atoms with Gasteiger partial charge in [-0.3, -0.25) is 0 Å². The summed E-state index contributed by atoms with van der Waals surface area (Å²) < 4.78 is 34.5. The standard InChI is InChI=1S/C13H22O6/c1-12(2)15-6-7(17-12)8-9(14-5)10-11(16-8)19-13(3,4)18-10/h7-11H,6H2,1-5H3/t7-,8-,9-,10-,11-/m1/s1. The van der Waals surface area contributed by atoms with Gasteiger partial charge in [0.1, 0.15) is 24.4 Å². The number of hydrogen-bond donors (Lipinski definition) is 0. The Labute approximate surface area is 113 Å². The van der Waals surface area contributed by atoms with Crippen LogP contribution in [0.2, 0.25) is 0 Å². The first kappa shape index (κ1) is 13.7. The van der Waals surface area contributed by atoms with Gasteiger partial charge >= 0.3 is 0 Å². The van der Waals surface area contributed by atoms with E-state index in [9.17, 15) is 0 Å². The van der Waals surface area contributed by atoms with Crippen LogP contribution in [0.1, 0.15) is 27.7 Å². The van der Waals surface area contributed by atoms with Crippen molar-refractivity contribution in [1.82, 2.24) is 0 Å². The minimum atomic E-state index is -0.636. The van der Waals surface area contributed by atoms with Crippen LogP contribution in [0.15, 0.2) is 0 Å². The van der Waals surface area contributed by atoms with Crippen molar-refractivity contribution in [1.29, 1.82) is 0 Å². The first-order chi connectivity index (χ1) is 8.81. The number of rotatable bonds is 2. The van der Waals surface area contributed by atoms with E-state index in [1.54, 1.807) is 7.11 Å². The van der Waals surface area contributed by atoms with E-state index in [1.165, 1.54) is 0 Å². The summed E-state index contributed by atoms with van der Waals surface area (Å²) in [7, 11) is 1.65. The number of fused-ring (bicyclic) bond motifs is 1. The van der Waals surface area contributed by atoms with Gasteiger partial charge in [-0.1, -0.05) is 0 Å².